The quantitative estimate of drug-likeness (QED) is 0.644. The third-order valence-corrected chi connectivity index (χ3v) is 3.26. The Balaban J connectivity index is 2.50. The van der Waals surface area contributed by atoms with Crippen LogP contribution in [0.2, 0.25) is 0 Å². The van der Waals surface area contributed by atoms with E-state index in [1.54, 1.807) is 24.3 Å². The van der Waals surface area contributed by atoms with Crippen molar-refractivity contribution in [3.8, 4) is 0 Å². The minimum absolute atomic E-state index is 0.0221. The Labute approximate surface area is 139 Å². The third kappa shape index (κ3) is 8.35. The van der Waals surface area contributed by atoms with Crippen molar-refractivity contribution in [1.82, 2.24) is 5.32 Å². The molecule has 1 aromatic rings. The van der Waals surface area contributed by atoms with Crippen LogP contribution in [0.4, 0.5) is 5.69 Å². The molecule has 0 aliphatic rings. The van der Waals surface area contributed by atoms with Crippen LogP contribution in [0.25, 0.3) is 0 Å². The maximum absolute atomic E-state index is 12.1. The van der Waals surface area contributed by atoms with E-state index in [2.05, 4.69) is 10.6 Å². The zero-order chi connectivity index (χ0) is 17.3. The molecule has 0 heterocycles. The van der Waals surface area contributed by atoms with E-state index in [4.69, 9.17) is 5.73 Å². The average molecular weight is 319 g/mol. The molecule has 1 aromatic carbocycles. The number of nitrogens with two attached hydrogens (primary N) is 1. The second kappa shape index (κ2) is 9.30. The predicted octanol–water partition coefficient (Wildman–Crippen LogP) is 3.06. The van der Waals surface area contributed by atoms with E-state index in [9.17, 15) is 9.59 Å². The molecule has 0 atom stereocenters. The van der Waals surface area contributed by atoms with Crippen LogP contribution in [0, 0.1) is 0 Å². The van der Waals surface area contributed by atoms with Gasteiger partial charge in [0.2, 0.25) is 5.91 Å². The lowest BCUT2D eigenvalue weighted by molar-refractivity contribution is -0.116. The molecule has 0 aliphatic heterocycles. The fourth-order valence-electron chi connectivity index (χ4n) is 2.16. The van der Waals surface area contributed by atoms with Crippen LogP contribution in [0.1, 0.15) is 63.2 Å². The lowest BCUT2D eigenvalue weighted by Gasteiger charge is -2.20. The van der Waals surface area contributed by atoms with Crippen molar-refractivity contribution >= 4 is 17.5 Å². The number of unbranched alkanes of at least 4 members (excludes halogenated alkanes) is 3. The Morgan fingerprint density at radius 3 is 2.43 bits per heavy atom. The molecule has 0 bridgehead atoms. The Morgan fingerprint density at radius 2 is 1.78 bits per heavy atom. The monoisotopic (exact) mass is 319 g/mol. The molecule has 5 nitrogen and oxygen atoms in total. The molecular formula is C18H29N3O2. The van der Waals surface area contributed by atoms with Crippen LogP contribution in [0.5, 0.6) is 0 Å². The van der Waals surface area contributed by atoms with Crippen LogP contribution in [0.15, 0.2) is 24.3 Å². The van der Waals surface area contributed by atoms with Gasteiger partial charge in [-0.25, -0.2) is 0 Å². The van der Waals surface area contributed by atoms with Crippen LogP contribution in [-0.4, -0.2) is 23.9 Å². The molecule has 2 amide bonds. The van der Waals surface area contributed by atoms with Gasteiger partial charge in [0.1, 0.15) is 0 Å². The SMILES string of the molecule is CC(C)(C)NC(=O)c1cccc(NC(=O)CCCCCCN)c1. The Hall–Kier alpha value is -1.88. The first-order chi connectivity index (χ1) is 10.8. The number of anilines is 1. The van der Waals surface area contributed by atoms with Gasteiger partial charge in [-0.2, -0.15) is 0 Å². The highest BCUT2D eigenvalue weighted by Crippen LogP contribution is 2.13. The van der Waals surface area contributed by atoms with Crippen molar-refractivity contribution in [3.63, 3.8) is 0 Å². The zero-order valence-corrected chi connectivity index (χ0v) is 14.4. The summed E-state index contributed by atoms with van der Waals surface area (Å²) in [6, 6.07) is 7.01. The Morgan fingerprint density at radius 1 is 1.09 bits per heavy atom. The van der Waals surface area contributed by atoms with Gasteiger partial charge in [0, 0.05) is 23.2 Å². The summed E-state index contributed by atoms with van der Waals surface area (Å²) >= 11 is 0. The Kier molecular flexibility index (Phi) is 7.75. The van der Waals surface area contributed by atoms with E-state index in [0.29, 0.717) is 24.2 Å². The van der Waals surface area contributed by atoms with Gasteiger partial charge in [-0.15, -0.1) is 0 Å². The molecule has 128 valence electrons. The zero-order valence-electron chi connectivity index (χ0n) is 14.4. The van der Waals surface area contributed by atoms with Gasteiger partial charge in [-0.3, -0.25) is 9.59 Å². The van der Waals surface area contributed by atoms with E-state index < -0.39 is 0 Å². The molecule has 4 N–H and O–H groups in total. The van der Waals surface area contributed by atoms with Gasteiger partial charge in [-0.1, -0.05) is 18.9 Å². The topological polar surface area (TPSA) is 84.2 Å². The summed E-state index contributed by atoms with van der Waals surface area (Å²) in [6.07, 6.45) is 4.43. The summed E-state index contributed by atoms with van der Waals surface area (Å²) in [5, 5.41) is 5.76. The van der Waals surface area contributed by atoms with Gasteiger partial charge in [-0.05, 0) is 58.4 Å². The number of carbonyl (C=O) groups is 2. The molecule has 0 aromatic heterocycles. The van der Waals surface area contributed by atoms with E-state index in [0.717, 1.165) is 25.7 Å². The lowest BCUT2D eigenvalue weighted by Crippen LogP contribution is -2.40. The molecule has 5 heteroatoms. The number of hydrogen-bond acceptors (Lipinski definition) is 3. The number of rotatable bonds is 8. The second-order valence-electron chi connectivity index (χ2n) is 6.79. The van der Waals surface area contributed by atoms with Gasteiger partial charge in [0.15, 0.2) is 0 Å². The standard InChI is InChI=1S/C18H29N3O2/c1-18(2,3)21-17(23)14-9-8-10-15(13-14)20-16(22)11-6-4-5-7-12-19/h8-10,13H,4-7,11-12,19H2,1-3H3,(H,20,22)(H,21,23). The minimum atomic E-state index is -0.292. The van der Waals surface area contributed by atoms with Crippen LogP contribution in [0.3, 0.4) is 0 Å². The first-order valence-electron chi connectivity index (χ1n) is 8.24. The average Bonchev–Trinajstić information content (AvgIpc) is 2.45. The molecule has 0 saturated carbocycles. The normalized spacial score (nSPS) is 11.1. The predicted molar refractivity (Wildman–Crippen MR) is 94.4 cm³/mol. The van der Waals surface area contributed by atoms with E-state index in [-0.39, 0.29) is 17.4 Å². The molecule has 0 saturated heterocycles. The maximum Gasteiger partial charge on any atom is 0.251 e. The Bertz CT molecular complexity index is 521. The van der Waals surface area contributed by atoms with E-state index in [1.165, 1.54) is 0 Å². The van der Waals surface area contributed by atoms with Crippen molar-refractivity contribution < 1.29 is 9.59 Å². The number of hydrogen-bond donors (Lipinski definition) is 3. The van der Waals surface area contributed by atoms with Gasteiger partial charge < -0.3 is 16.4 Å². The molecule has 0 aliphatic carbocycles. The third-order valence-electron chi connectivity index (χ3n) is 3.26. The number of benzene rings is 1. The summed E-state index contributed by atoms with van der Waals surface area (Å²) in [4.78, 5) is 24.1. The maximum atomic E-state index is 12.1. The van der Waals surface area contributed by atoms with Crippen molar-refractivity contribution in [2.75, 3.05) is 11.9 Å². The minimum Gasteiger partial charge on any atom is -0.347 e. The van der Waals surface area contributed by atoms with Crippen molar-refractivity contribution in [2.24, 2.45) is 5.73 Å². The van der Waals surface area contributed by atoms with E-state index >= 15 is 0 Å². The number of amides is 2. The molecule has 23 heavy (non-hydrogen) atoms. The summed E-state index contributed by atoms with van der Waals surface area (Å²) in [5.74, 6) is -0.165. The largest absolute Gasteiger partial charge is 0.347 e. The first-order valence-corrected chi connectivity index (χ1v) is 8.24. The molecule has 0 spiro atoms. The fourth-order valence-corrected chi connectivity index (χ4v) is 2.16. The van der Waals surface area contributed by atoms with Crippen LogP contribution in [-0.2, 0) is 4.79 Å². The summed E-state index contributed by atoms with van der Waals surface area (Å²) in [6.45, 7) is 6.50. The van der Waals surface area contributed by atoms with Crippen molar-refractivity contribution in [1.29, 1.82) is 0 Å². The van der Waals surface area contributed by atoms with Gasteiger partial charge in [0.25, 0.3) is 5.91 Å². The summed E-state index contributed by atoms with van der Waals surface area (Å²) in [5.41, 5.74) is 6.34. The molecule has 0 unspecified atom stereocenters. The van der Waals surface area contributed by atoms with Crippen molar-refractivity contribution in [2.45, 2.75) is 58.4 Å². The van der Waals surface area contributed by atoms with Crippen LogP contribution >= 0.6 is 0 Å². The van der Waals surface area contributed by atoms with Gasteiger partial charge in [0.05, 0.1) is 0 Å². The summed E-state index contributed by atoms with van der Waals surface area (Å²) in [7, 11) is 0. The fraction of sp³-hybridized carbons (Fsp3) is 0.556. The lowest BCUT2D eigenvalue weighted by atomic mass is 10.1. The van der Waals surface area contributed by atoms with Crippen LogP contribution < -0.4 is 16.4 Å². The number of nitrogens with one attached hydrogen (secondary N) is 2. The van der Waals surface area contributed by atoms with Gasteiger partial charge >= 0.3 is 0 Å². The van der Waals surface area contributed by atoms with Crippen molar-refractivity contribution in [3.05, 3.63) is 29.8 Å². The molecule has 1 rings (SSSR count). The molecular weight excluding hydrogens is 290 g/mol. The second-order valence-corrected chi connectivity index (χ2v) is 6.79. The summed E-state index contributed by atoms with van der Waals surface area (Å²) < 4.78 is 0. The molecule has 0 radical (unpaired) electrons. The smallest absolute Gasteiger partial charge is 0.251 e. The van der Waals surface area contributed by atoms with E-state index in [1.807, 2.05) is 20.8 Å². The molecule has 0 fully saturated rings. The highest BCUT2D eigenvalue weighted by Gasteiger charge is 2.15. The highest BCUT2D eigenvalue weighted by atomic mass is 16.2. The highest BCUT2D eigenvalue weighted by molar-refractivity contribution is 5.97. The first kappa shape index (κ1) is 19.2. The number of carbonyl (C=O) groups excluding carboxylic acids is 2.